The molecule has 3 aromatic rings. The van der Waals surface area contributed by atoms with E-state index in [9.17, 15) is 13.2 Å². The Morgan fingerprint density at radius 2 is 1.94 bits per heavy atom. The van der Waals surface area contributed by atoms with Gasteiger partial charge in [0.05, 0.1) is 23.3 Å². The zero-order chi connectivity index (χ0) is 23.3. The number of aromatic nitrogens is 3. The first-order valence-electron chi connectivity index (χ1n) is 11.2. The fraction of sp³-hybridized carbons (Fsp3) is 0.458. The lowest BCUT2D eigenvalue weighted by Crippen LogP contribution is -2.32. The minimum Gasteiger partial charge on any atom is -0.363 e. The summed E-state index contributed by atoms with van der Waals surface area (Å²) in [4.78, 5) is 18.4. The van der Waals surface area contributed by atoms with Crippen molar-refractivity contribution < 1.29 is 13.2 Å². The summed E-state index contributed by atoms with van der Waals surface area (Å²) in [5.74, 6) is 1.69. The maximum absolute atomic E-state index is 14.7. The lowest BCUT2D eigenvalue weighted by Gasteiger charge is -2.22. The fourth-order valence-electron chi connectivity index (χ4n) is 5.13. The number of nitrogens with zero attached hydrogens (tertiary/aromatic N) is 5. The molecule has 2 aliphatic rings. The highest BCUT2D eigenvalue weighted by Gasteiger charge is 2.40. The average Bonchev–Trinajstić information content (AvgIpc) is 3.35. The molecule has 0 amide bonds. The Hall–Kier alpha value is -2.94. The van der Waals surface area contributed by atoms with E-state index in [0.29, 0.717) is 29.1 Å². The zero-order valence-corrected chi connectivity index (χ0v) is 18.9. The number of halogens is 3. The number of benzene rings is 1. The Labute approximate surface area is 190 Å². The number of hydrogen-bond acceptors (Lipinski definition) is 6. The highest BCUT2D eigenvalue weighted by atomic mass is 19.3. The fourth-order valence-corrected chi connectivity index (χ4v) is 5.13. The van der Waals surface area contributed by atoms with Crippen LogP contribution in [0.5, 0.6) is 0 Å². The van der Waals surface area contributed by atoms with Crippen LogP contribution in [-0.4, -0.2) is 52.6 Å². The van der Waals surface area contributed by atoms with E-state index in [1.165, 1.54) is 18.6 Å². The largest absolute Gasteiger partial charge is 0.363 e. The summed E-state index contributed by atoms with van der Waals surface area (Å²) >= 11 is 0. The predicted octanol–water partition coefficient (Wildman–Crippen LogP) is 4.72. The molecule has 2 saturated heterocycles. The van der Waals surface area contributed by atoms with Gasteiger partial charge in [-0.2, -0.15) is 0 Å². The van der Waals surface area contributed by atoms with E-state index in [-0.39, 0.29) is 5.56 Å². The van der Waals surface area contributed by atoms with Crippen LogP contribution in [0.4, 0.5) is 24.8 Å². The smallest absolute Gasteiger partial charge is 0.266 e. The van der Waals surface area contributed by atoms with E-state index in [1.54, 1.807) is 20.0 Å². The summed E-state index contributed by atoms with van der Waals surface area (Å²) in [6.45, 7) is 6.54. The lowest BCUT2D eigenvalue weighted by atomic mass is 10.0. The molecule has 9 heteroatoms. The maximum Gasteiger partial charge on any atom is 0.266 e. The van der Waals surface area contributed by atoms with Crippen molar-refractivity contribution in [1.29, 1.82) is 0 Å². The minimum absolute atomic E-state index is 0.168. The van der Waals surface area contributed by atoms with E-state index in [2.05, 4.69) is 37.1 Å². The highest BCUT2D eigenvalue weighted by molar-refractivity contribution is 5.90. The van der Waals surface area contributed by atoms with Crippen LogP contribution >= 0.6 is 0 Å². The second-order valence-corrected chi connectivity index (χ2v) is 9.10. The summed E-state index contributed by atoms with van der Waals surface area (Å²) in [5, 5.41) is 3.99. The molecule has 4 heterocycles. The summed E-state index contributed by atoms with van der Waals surface area (Å²) in [6, 6.07) is 6.02. The highest BCUT2D eigenvalue weighted by Crippen LogP contribution is 2.35. The monoisotopic (exact) mass is 456 g/mol. The van der Waals surface area contributed by atoms with Gasteiger partial charge in [-0.05, 0) is 45.8 Å². The van der Waals surface area contributed by atoms with Crippen LogP contribution in [0.25, 0.3) is 10.9 Å². The van der Waals surface area contributed by atoms with Crippen molar-refractivity contribution in [3.63, 3.8) is 0 Å². The third-order valence-corrected chi connectivity index (χ3v) is 6.94. The van der Waals surface area contributed by atoms with Gasteiger partial charge in [0, 0.05) is 30.1 Å². The van der Waals surface area contributed by atoms with Crippen molar-refractivity contribution in [3.05, 3.63) is 53.2 Å². The van der Waals surface area contributed by atoms with E-state index in [0.717, 1.165) is 36.9 Å². The Morgan fingerprint density at radius 3 is 2.70 bits per heavy atom. The van der Waals surface area contributed by atoms with Gasteiger partial charge in [0.15, 0.2) is 0 Å². The second kappa shape index (κ2) is 8.44. The van der Waals surface area contributed by atoms with Crippen LogP contribution in [0.1, 0.15) is 42.8 Å². The number of likely N-dealkylation sites (N-methyl/N-ethyl adjacent to an activating group) is 1. The van der Waals surface area contributed by atoms with Crippen molar-refractivity contribution in [2.24, 2.45) is 5.92 Å². The summed E-state index contributed by atoms with van der Waals surface area (Å²) in [6.07, 6.45) is 0.0680. The Bertz CT molecular complexity index is 1190. The Balaban J connectivity index is 1.47. The van der Waals surface area contributed by atoms with Gasteiger partial charge in [-0.3, -0.25) is 0 Å². The van der Waals surface area contributed by atoms with Crippen molar-refractivity contribution >= 4 is 22.5 Å². The van der Waals surface area contributed by atoms with E-state index in [1.807, 2.05) is 6.07 Å². The van der Waals surface area contributed by atoms with Crippen molar-refractivity contribution in [2.75, 3.05) is 36.9 Å². The summed E-state index contributed by atoms with van der Waals surface area (Å²) in [5.41, 5.74) is 0.252. The molecule has 0 bridgehead atoms. The standard InChI is InChI=1S/C24H27F3N6/c1-13(16-5-4-6-17(22(16)25)23(26)27)29-24-18-9-21(28-10-19(18)30-14(2)31-24)33-11-15-7-8-32(3)20(15)12-33/h4-6,9-10,13,15,20,23H,7-8,11-12H2,1-3H3,(H,29,30,31)/t13-,15+,20-/m1/s1. The molecule has 33 heavy (non-hydrogen) atoms. The normalized spacial score (nSPS) is 21.7. The maximum atomic E-state index is 14.7. The molecule has 5 rings (SSSR count). The van der Waals surface area contributed by atoms with E-state index >= 15 is 0 Å². The minimum atomic E-state index is -2.87. The number of fused-ring (bicyclic) bond motifs is 2. The molecule has 6 nitrogen and oxygen atoms in total. The molecule has 1 N–H and O–H groups in total. The zero-order valence-electron chi connectivity index (χ0n) is 18.9. The summed E-state index contributed by atoms with van der Waals surface area (Å²) in [7, 11) is 2.17. The molecular formula is C24H27F3N6. The number of hydrogen-bond donors (Lipinski definition) is 1. The molecular weight excluding hydrogens is 429 g/mol. The molecule has 2 aliphatic heterocycles. The number of alkyl halides is 2. The summed E-state index contributed by atoms with van der Waals surface area (Å²) < 4.78 is 41.0. The van der Waals surface area contributed by atoms with Crippen LogP contribution in [0.3, 0.4) is 0 Å². The number of anilines is 2. The topological polar surface area (TPSA) is 57.2 Å². The SMILES string of the molecule is Cc1nc(N[C@H](C)c2cccc(C(F)F)c2F)c2cc(N3C[C@@H]4CCN(C)[C@@H]4C3)ncc2n1. The Morgan fingerprint density at radius 1 is 1.15 bits per heavy atom. The number of aryl methyl sites for hydroxylation is 1. The number of nitrogens with one attached hydrogen (secondary N) is 1. The van der Waals surface area contributed by atoms with Crippen molar-refractivity contribution in [2.45, 2.75) is 38.8 Å². The molecule has 174 valence electrons. The third-order valence-electron chi connectivity index (χ3n) is 6.94. The predicted molar refractivity (Wildman–Crippen MR) is 122 cm³/mol. The van der Waals surface area contributed by atoms with Crippen molar-refractivity contribution in [3.8, 4) is 0 Å². The lowest BCUT2D eigenvalue weighted by molar-refractivity contribution is 0.146. The van der Waals surface area contributed by atoms with Gasteiger partial charge in [-0.15, -0.1) is 0 Å². The van der Waals surface area contributed by atoms with Crippen LogP contribution in [-0.2, 0) is 0 Å². The number of rotatable bonds is 5. The number of likely N-dealkylation sites (tertiary alicyclic amines) is 1. The first kappa shape index (κ1) is 21.9. The first-order chi connectivity index (χ1) is 15.8. The molecule has 2 fully saturated rings. The molecule has 0 saturated carbocycles. The molecule has 0 aliphatic carbocycles. The van der Waals surface area contributed by atoms with Crippen LogP contribution < -0.4 is 10.2 Å². The second-order valence-electron chi connectivity index (χ2n) is 9.10. The van der Waals surface area contributed by atoms with Gasteiger partial charge in [0.2, 0.25) is 0 Å². The molecule has 0 spiro atoms. The molecule has 2 aromatic heterocycles. The molecule has 0 unspecified atom stereocenters. The van der Waals surface area contributed by atoms with Crippen LogP contribution in [0.2, 0.25) is 0 Å². The van der Waals surface area contributed by atoms with Crippen molar-refractivity contribution in [1.82, 2.24) is 19.9 Å². The molecule has 0 radical (unpaired) electrons. The van der Waals surface area contributed by atoms with Gasteiger partial charge < -0.3 is 15.1 Å². The van der Waals surface area contributed by atoms with Gasteiger partial charge >= 0.3 is 0 Å². The van der Waals surface area contributed by atoms with Gasteiger partial charge in [-0.25, -0.2) is 28.1 Å². The first-order valence-corrected chi connectivity index (χ1v) is 11.2. The van der Waals surface area contributed by atoms with Gasteiger partial charge in [0.25, 0.3) is 6.43 Å². The van der Waals surface area contributed by atoms with Crippen LogP contribution in [0, 0.1) is 18.7 Å². The van der Waals surface area contributed by atoms with Crippen LogP contribution in [0.15, 0.2) is 30.5 Å². The number of pyridine rings is 1. The molecule has 1 aromatic carbocycles. The van der Waals surface area contributed by atoms with Gasteiger partial charge in [0.1, 0.15) is 23.3 Å². The van der Waals surface area contributed by atoms with E-state index in [4.69, 9.17) is 0 Å². The average molecular weight is 457 g/mol. The quantitative estimate of drug-likeness (QED) is 0.600. The Kier molecular flexibility index (Phi) is 5.60. The third kappa shape index (κ3) is 3.99. The van der Waals surface area contributed by atoms with Gasteiger partial charge in [-0.1, -0.05) is 18.2 Å². The molecule has 3 atom stereocenters. The van der Waals surface area contributed by atoms with E-state index < -0.39 is 23.8 Å².